The molecule has 1 aromatic carbocycles. The smallest absolute Gasteiger partial charge is 0.168 e. The van der Waals surface area contributed by atoms with Crippen LogP contribution in [0.2, 0.25) is 0 Å². The van der Waals surface area contributed by atoms with E-state index in [1.807, 2.05) is 24.3 Å². The maximum atomic E-state index is 13.1. The summed E-state index contributed by atoms with van der Waals surface area (Å²) in [4.78, 5) is 9.98. The number of sulfone groups is 1. The van der Waals surface area contributed by atoms with E-state index >= 15 is 0 Å². The molecule has 202 valence electrons. The quantitative estimate of drug-likeness (QED) is 0.470. The van der Waals surface area contributed by atoms with Gasteiger partial charge in [0.1, 0.15) is 5.88 Å². The molecule has 38 heavy (non-hydrogen) atoms. The third-order valence-corrected chi connectivity index (χ3v) is 11.7. The minimum atomic E-state index is -3.31. The van der Waals surface area contributed by atoms with Crippen LogP contribution in [0.3, 0.4) is 0 Å². The van der Waals surface area contributed by atoms with Gasteiger partial charge < -0.3 is 10.0 Å². The number of hydrogen-bond donors (Lipinski definition) is 1. The van der Waals surface area contributed by atoms with Crippen LogP contribution in [0.25, 0.3) is 21.3 Å². The number of benzene rings is 1. The predicted octanol–water partition coefficient (Wildman–Crippen LogP) is 5.10. The summed E-state index contributed by atoms with van der Waals surface area (Å²) in [6.45, 7) is 11.1. The zero-order valence-electron chi connectivity index (χ0n) is 22.8. The first-order valence-electron chi connectivity index (χ1n) is 13.1. The molecular weight excluding hydrogens is 516 g/mol. The van der Waals surface area contributed by atoms with Gasteiger partial charge in [0.25, 0.3) is 0 Å². The minimum absolute atomic E-state index is 0.0343. The van der Waals surface area contributed by atoms with Gasteiger partial charge in [-0.2, -0.15) is 5.26 Å². The highest BCUT2D eigenvalue weighted by Gasteiger charge is 2.45. The normalized spacial score (nSPS) is 20.0. The van der Waals surface area contributed by atoms with E-state index in [2.05, 4.69) is 34.7 Å². The van der Waals surface area contributed by atoms with Crippen molar-refractivity contribution in [3.63, 3.8) is 0 Å². The van der Waals surface area contributed by atoms with Crippen molar-refractivity contribution in [1.82, 2.24) is 9.88 Å². The molecule has 5 rings (SSSR count). The first-order valence-corrected chi connectivity index (χ1v) is 15.6. The number of hydrogen-bond acceptors (Lipinski definition) is 8. The van der Waals surface area contributed by atoms with E-state index in [9.17, 15) is 18.8 Å². The van der Waals surface area contributed by atoms with E-state index in [4.69, 9.17) is 0 Å². The molecule has 0 bridgehead atoms. The molecule has 7 nitrogen and oxygen atoms in total. The number of nitrogens with zero attached hydrogens (tertiary/aromatic N) is 4. The van der Waals surface area contributed by atoms with Crippen LogP contribution >= 0.6 is 11.3 Å². The Kier molecular flexibility index (Phi) is 6.84. The molecule has 0 radical (unpaired) electrons. The van der Waals surface area contributed by atoms with Gasteiger partial charge in [0, 0.05) is 52.6 Å². The lowest BCUT2D eigenvalue weighted by Crippen LogP contribution is -2.46. The van der Waals surface area contributed by atoms with Gasteiger partial charge in [-0.15, -0.1) is 11.3 Å². The largest absolute Gasteiger partial charge is 0.391 e. The Labute approximate surface area is 229 Å². The second-order valence-corrected chi connectivity index (χ2v) is 16.0. The van der Waals surface area contributed by atoms with Crippen LogP contribution in [-0.4, -0.2) is 58.7 Å². The predicted molar refractivity (Wildman–Crippen MR) is 154 cm³/mol. The molecule has 2 aromatic heterocycles. The lowest BCUT2D eigenvalue weighted by atomic mass is 9.90. The lowest BCUT2D eigenvalue weighted by Gasteiger charge is -2.38. The topological polar surface area (TPSA) is 97.5 Å². The number of likely N-dealkylation sites (tertiary alicyclic amines) is 1. The number of aliphatic hydroxyl groups is 1. The minimum Gasteiger partial charge on any atom is -0.391 e. The van der Waals surface area contributed by atoms with Gasteiger partial charge in [-0.3, -0.25) is 9.88 Å². The second-order valence-electron chi connectivity index (χ2n) is 12.1. The van der Waals surface area contributed by atoms with Crippen molar-refractivity contribution in [2.24, 2.45) is 0 Å². The molecule has 0 spiro atoms. The van der Waals surface area contributed by atoms with Crippen molar-refractivity contribution in [3.8, 4) is 17.2 Å². The Morgan fingerprint density at radius 1 is 1.24 bits per heavy atom. The molecule has 0 unspecified atom stereocenters. The van der Waals surface area contributed by atoms with Crippen LogP contribution in [0.4, 0.5) is 5.69 Å². The standard InChI is InChI=1S/C29H36N4O3S2/c1-28(2,3)38(35,36)18-32-16-21(14-29(32,4)5)33-10-6-7-20-11-19(15-30)12-24(26(20)33)23-8-9-31-25-13-22(17-34)37-27(23)25/h8-9,11-13,21,34H,6-7,10,14,16-18H2,1-5H3/t21-/m1/s1. The molecule has 2 aliphatic heterocycles. The average molecular weight is 553 g/mol. The maximum Gasteiger partial charge on any atom is 0.168 e. The van der Waals surface area contributed by atoms with Crippen LogP contribution < -0.4 is 4.90 Å². The Morgan fingerprint density at radius 2 is 2.00 bits per heavy atom. The Hall–Kier alpha value is -2.51. The third-order valence-electron chi connectivity index (χ3n) is 8.08. The molecule has 3 aromatic rings. The molecule has 1 saturated heterocycles. The third kappa shape index (κ3) is 4.73. The Balaban J connectivity index is 1.60. The molecule has 9 heteroatoms. The number of aromatic nitrogens is 1. The van der Waals surface area contributed by atoms with Gasteiger partial charge in [-0.25, -0.2) is 8.42 Å². The fourth-order valence-corrected chi connectivity index (χ4v) is 8.05. The first-order chi connectivity index (χ1) is 17.8. The van der Waals surface area contributed by atoms with Crippen molar-refractivity contribution in [2.45, 2.75) is 76.8 Å². The van der Waals surface area contributed by atoms with Crippen molar-refractivity contribution in [2.75, 3.05) is 23.9 Å². The van der Waals surface area contributed by atoms with Crippen LogP contribution in [0, 0.1) is 11.3 Å². The molecule has 0 saturated carbocycles. The van der Waals surface area contributed by atoms with Gasteiger partial charge in [0.15, 0.2) is 9.84 Å². The molecule has 4 heterocycles. The summed E-state index contributed by atoms with van der Waals surface area (Å²) in [6.07, 6.45) is 4.53. The van der Waals surface area contributed by atoms with Crippen LogP contribution in [0.5, 0.6) is 0 Å². The monoisotopic (exact) mass is 552 g/mol. The van der Waals surface area contributed by atoms with Crippen molar-refractivity contribution in [1.29, 1.82) is 5.26 Å². The zero-order chi connectivity index (χ0) is 27.5. The molecular formula is C29H36N4O3S2. The number of rotatable bonds is 5. The maximum absolute atomic E-state index is 13.1. The Bertz CT molecular complexity index is 1530. The number of aryl methyl sites for hydroxylation is 1. The van der Waals surface area contributed by atoms with Crippen LogP contribution in [0.15, 0.2) is 30.5 Å². The molecule has 2 aliphatic rings. The molecule has 1 fully saturated rings. The Morgan fingerprint density at radius 3 is 2.68 bits per heavy atom. The zero-order valence-corrected chi connectivity index (χ0v) is 24.4. The van der Waals surface area contributed by atoms with Crippen molar-refractivity contribution in [3.05, 3.63) is 46.5 Å². The van der Waals surface area contributed by atoms with Gasteiger partial charge in [0.2, 0.25) is 0 Å². The average Bonchev–Trinajstić information content (AvgIpc) is 3.41. The summed E-state index contributed by atoms with van der Waals surface area (Å²) in [7, 11) is -3.31. The number of anilines is 1. The molecule has 1 atom stereocenters. The van der Waals surface area contributed by atoms with Gasteiger partial charge >= 0.3 is 0 Å². The lowest BCUT2D eigenvalue weighted by molar-refractivity contribution is 0.203. The number of aliphatic hydroxyl groups excluding tert-OH is 1. The summed E-state index contributed by atoms with van der Waals surface area (Å²) < 4.78 is 26.5. The summed E-state index contributed by atoms with van der Waals surface area (Å²) >= 11 is 1.54. The summed E-state index contributed by atoms with van der Waals surface area (Å²) in [5.74, 6) is 0.0467. The highest BCUT2D eigenvalue weighted by atomic mass is 32.2. The van der Waals surface area contributed by atoms with E-state index in [0.29, 0.717) is 12.1 Å². The van der Waals surface area contributed by atoms with E-state index in [-0.39, 0.29) is 24.1 Å². The number of thiophene rings is 1. The van der Waals surface area contributed by atoms with Crippen LogP contribution in [-0.2, 0) is 22.9 Å². The fourth-order valence-electron chi connectivity index (χ4n) is 5.80. The van der Waals surface area contributed by atoms with Gasteiger partial charge in [-0.05, 0) is 83.7 Å². The summed E-state index contributed by atoms with van der Waals surface area (Å²) in [6, 6.07) is 10.4. The van der Waals surface area contributed by atoms with Crippen molar-refractivity contribution < 1.29 is 13.5 Å². The van der Waals surface area contributed by atoms with Crippen molar-refractivity contribution >= 4 is 37.1 Å². The fraction of sp³-hybridized carbons (Fsp3) is 0.517. The van der Waals surface area contributed by atoms with E-state index in [1.54, 1.807) is 27.0 Å². The van der Waals surface area contributed by atoms with Gasteiger partial charge in [-0.1, -0.05) is 0 Å². The first kappa shape index (κ1) is 27.1. The van der Waals surface area contributed by atoms with E-state index in [1.165, 1.54) is 11.3 Å². The number of fused-ring (bicyclic) bond motifs is 2. The summed E-state index contributed by atoms with van der Waals surface area (Å²) in [5, 5.41) is 19.6. The van der Waals surface area contributed by atoms with Gasteiger partial charge in [0.05, 0.1) is 33.2 Å². The summed E-state index contributed by atoms with van der Waals surface area (Å²) in [5.41, 5.74) is 5.54. The van der Waals surface area contributed by atoms with Crippen LogP contribution in [0.1, 0.15) is 63.5 Å². The molecule has 0 aliphatic carbocycles. The highest BCUT2D eigenvalue weighted by molar-refractivity contribution is 7.92. The number of pyridine rings is 1. The highest BCUT2D eigenvalue weighted by Crippen LogP contribution is 2.45. The molecule has 1 N–H and O–H groups in total. The van der Waals surface area contributed by atoms with E-state index in [0.717, 1.165) is 63.3 Å². The number of nitriles is 1. The second kappa shape index (κ2) is 9.60. The molecule has 0 amide bonds. The SMILES string of the molecule is CC1(C)C[C@@H](N2CCCc3cc(C#N)cc(-c4ccnc5cc(CO)sc45)c32)CN1CS(=O)(=O)C(C)(C)C. The van der Waals surface area contributed by atoms with E-state index < -0.39 is 14.6 Å².